The molecule has 114 valence electrons. The molecule has 6 nitrogen and oxygen atoms in total. The Hall–Kier alpha value is -1.92. The quantitative estimate of drug-likeness (QED) is 0.713. The number of nitrogens with zero attached hydrogens (tertiary/aromatic N) is 1. The van der Waals surface area contributed by atoms with Crippen molar-refractivity contribution in [3.05, 3.63) is 35.4 Å². The number of β-amino-alcohol motifs (C(OH)–C–C–N with tert-alkyl or cyclic N) is 1. The average Bonchev–Trinajstić information content (AvgIpc) is 2.93. The van der Waals surface area contributed by atoms with Crippen molar-refractivity contribution in [2.75, 3.05) is 20.6 Å². The second-order valence-corrected chi connectivity index (χ2v) is 5.32. The molecule has 0 aliphatic carbocycles. The van der Waals surface area contributed by atoms with Crippen LogP contribution in [0.5, 0.6) is 0 Å². The minimum atomic E-state index is -0.445. The fourth-order valence-corrected chi connectivity index (χ4v) is 2.43. The summed E-state index contributed by atoms with van der Waals surface area (Å²) in [5.74, 6) is -0.156. The van der Waals surface area contributed by atoms with E-state index in [0.29, 0.717) is 25.1 Å². The Morgan fingerprint density at radius 1 is 1.38 bits per heavy atom. The molecule has 2 atom stereocenters. The van der Waals surface area contributed by atoms with Crippen LogP contribution in [0.25, 0.3) is 0 Å². The van der Waals surface area contributed by atoms with Crippen molar-refractivity contribution in [2.45, 2.75) is 25.1 Å². The Morgan fingerprint density at radius 3 is 2.57 bits per heavy atom. The molecule has 0 spiro atoms. The van der Waals surface area contributed by atoms with Crippen LogP contribution in [0.4, 0.5) is 0 Å². The van der Waals surface area contributed by atoms with Crippen LogP contribution in [0, 0.1) is 0 Å². The summed E-state index contributed by atoms with van der Waals surface area (Å²) in [6.07, 6.45) is 0.0119. The first-order valence-electron chi connectivity index (χ1n) is 6.98. The lowest BCUT2D eigenvalue weighted by Crippen LogP contribution is -2.41. The molecular formula is C15H21N3O3. The molecule has 0 radical (unpaired) electrons. The maximum atomic E-state index is 12.2. The van der Waals surface area contributed by atoms with Gasteiger partial charge >= 0.3 is 0 Å². The highest BCUT2D eigenvalue weighted by atomic mass is 16.3. The predicted molar refractivity (Wildman–Crippen MR) is 78.7 cm³/mol. The van der Waals surface area contributed by atoms with Gasteiger partial charge in [-0.3, -0.25) is 9.59 Å². The second kappa shape index (κ2) is 6.69. The summed E-state index contributed by atoms with van der Waals surface area (Å²) in [5.41, 5.74) is 1.55. The lowest BCUT2D eigenvalue weighted by atomic mass is 10.1. The zero-order chi connectivity index (χ0) is 15.4. The van der Waals surface area contributed by atoms with Crippen LogP contribution in [0.15, 0.2) is 24.3 Å². The van der Waals surface area contributed by atoms with Crippen LogP contribution in [0.3, 0.4) is 0 Å². The summed E-state index contributed by atoms with van der Waals surface area (Å²) in [5, 5.41) is 15.0. The van der Waals surface area contributed by atoms with Gasteiger partial charge in [-0.1, -0.05) is 12.1 Å². The molecule has 0 bridgehead atoms. The SMILES string of the molecule is CNC(=O)c1ccc(CN(C)C(=O)C2CC(O)CN2)cc1. The van der Waals surface area contributed by atoms with E-state index in [9.17, 15) is 14.7 Å². The van der Waals surface area contributed by atoms with E-state index in [1.54, 1.807) is 31.1 Å². The summed E-state index contributed by atoms with van der Waals surface area (Å²) >= 11 is 0. The van der Waals surface area contributed by atoms with Crippen LogP contribution >= 0.6 is 0 Å². The standard InChI is InChI=1S/C15H21N3O3/c1-16-14(20)11-5-3-10(4-6-11)9-18(2)15(21)13-7-12(19)8-17-13/h3-6,12-13,17,19H,7-9H2,1-2H3,(H,16,20). The van der Waals surface area contributed by atoms with Gasteiger partial charge in [-0.2, -0.15) is 0 Å². The molecule has 21 heavy (non-hydrogen) atoms. The Balaban J connectivity index is 1.94. The normalized spacial score (nSPS) is 21.1. The van der Waals surface area contributed by atoms with Gasteiger partial charge < -0.3 is 20.6 Å². The Morgan fingerprint density at radius 2 is 2.05 bits per heavy atom. The molecule has 1 fully saturated rings. The first kappa shape index (κ1) is 15.5. The van der Waals surface area contributed by atoms with E-state index in [-0.39, 0.29) is 17.9 Å². The molecule has 2 rings (SSSR count). The number of rotatable bonds is 4. The van der Waals surface area contributed by atoms with Gasteiger partial charge in [0.15, 0.2) is 0 Å². The van der Waals surface area contributed by atoms with E-state index >= 15 is 0 Å². The van der Waals surface area contributed by atoms with Crippen LogP contribution in [0.2, 0.25) is 0 Å². The summed E-state index contributed by atoms with van der Waals surface area (Å²) < 4.78 is 0. The molecule has 3 N–H and O–H groups in total. The number of aliphatic hydroxyl groups is 1. The number of carbonyl (C=O) groups excluding carboxylic acids is 2. The zero-order valence-corrected chi connectivity index (χ0v) is 12.3. The van der Waals surface area contributed by atoms with E-state index in [1.165, 1.54) is 0 Å². The molecule has 1 aromatic carbocycles. The number of benzene rings is 1. The number of hydrogen-bond acceptors (Lipinski definition) is 4. The van der Waals surface area contributed by atoms with E-state index in [2.05, 4.69) is 10.6 Å². The summed E-state index contributed by atoms with van der Waals surface area (Å²) in [4.78, 5) is 25.3. The Labute approximate surface area is 124 Å². The van der Waals surface area contributed by atoms with Crippen molar-refractivity contribution in [3.8, 4) is 0 Å². The minimum absolute atomic E-state index is 0.0260. The highest BCUT2D eigenvalue weighted by Gasteiger charge is 2.29. The maximum absolute atomic E-state index is 12.2. The third-order valence-electron chi connectivity index (χ3n) is 3.64. The average molecular weight is 291 g/mol. The van der Waals surface area contributed by atoms with E-state index in [4.69, 9.17) is 0 Å². The Bertz CT molecular complexity index is 515. The van der Waals surface area contributed by atoms with Gasteiger partial charge in [0, 0.05) is 32.7 Å². The van der Waals surface area contributed by atoms with Gasteiger partial charge in [0.1, 0.15) is 0 Å². The van der Waals surface area contributed by atoms with Crippen molar-refractivity contribution in [2.24, 2.45) is 0 Å². The molecule has 2 unspecified atom stereocenters. The van der Waals surface area contributed by atoms with Crippen LogP contribution in [-0.2, 0) is 11.3 Å². The number of nitrogens with one attached hydrogen (secondary N) is 2. The van der Waals surface area contributed by atoms with Crippen molar-refractivity contribution < 1.29 is 14.7 Å². The fraction of sp³-hybridized carbons (Fsp3) is 0.467. The van der Waals surface area contributed by atoms with Gasteiger partial charge in [-0.15, -0.1) is 0 Å². The van der Waals surface area contributed by atoms with Gasteiger partial charge in [-0.05, 0) is 24.1 Å². The van der Waals surface area contributed by atoms with Crippen molar-refractivity contribution in [1.82, 2.24) is 15.5 Å². The number of likely N-dealkylation sites (N-methyl/N-ethyl adjacent to an activating group) is 1. The molecule has 0 aromatic heterocycles. The van der Waals surface area contributed by atoms with Crippen LogP contribution in [0.1, 0.15) is 22.3 Å². The molecule has 1 heterocycles. The summed E-state index contributed by atoms with van der Waals surface area (Å²) in [6, 6.07) is 6.85. The van der Waals surface area contributed by atoms with Gasteiger partial charge in [-0.25, -0.2) is 0 Å². The van der Waals surface area contributed by atoms with Gasteiger partial charge in [0.25, 0.3) is 5.91 Å². The van der Waals surface area contributed by atoms with Crippen molar-refractivity contribution in [1.29, 1.82) is 0 Å². The molecule has 0 saturated carbocycles. The van der Waals surface area contributed by atoms with E-state index < -0.39 is 6.10 Å². The molecule has 1 aliphatic heterocycles. The molecule has 1 aliphatic rings. The fourth-order valence-electron chi connectivity index (χ4n) is 2.43. The second-order valence-electron chi connectivity index (χ2n) is 5.32. The number of amides is 2. The zero-order valence-electron chi connectivity index (χ0n) is 12.3. The van der Waals surface area contributed by atoms with Crippen LogP contribution < -0.4 is 10.6 Å². The third kappa shape index (κ3) is 3.80. The smallest absolute Gasteiger partial charge is 0.251 e. The third-order valence-corrected chi connectivity index (χ3v) is 3.64. The highest BCUT2D eigenvalue weighted by Crippen LogP contribution is 2.12. The van der Waals surface area contributed by atoms with E-state index in [1.807, 2.05) is 12.1 Å². The maximum Gasteiger partial charge on any atom is 0.251 e. The number of hydrogen-bond donors (Lipinski definition) is 3. The lowest BCUT2D eigenvalue weighted by molar-refractivity contribution is -0.132. The van der Waals surface area contributed by atoms with Crippen molar-refractivity contribution >= 4 is 11.8 Å². The predicted octanol–water partition coefficient (Wildman–Crippen LogP) is -0.273. The van der Waals surface area contributed by atoms with Gasteiger partial charge in [0.05, 0.1) is 12.1 Å². The Kier molecular flexibility index (Phi) is 4.93. The minimum Gasteiger partial charge on any atom is -0.392 e. The van der Waals surface area contributed by atoms with Crippen molar-refractivity contribution in [3.63, 3.8) is 0 Å². The van der Waals surface area contributed by atoms with Gasteiger partial charge in [0.2, 0.25) is 5.91 Å². The number of aliphatic hydroxyl groups excluding tert-OH is 1. The molecular weight excluding hydrogens is 270 g/mol. The monoisotopic (exact) mass is 291 g/mol. The molecule has 1 aromatic rings. The largest absolute Gasteiger partial charge is 0.392 e. The highest BCUT2D eigenvalue weighted by molar-refractivity contribution is 5.93. The topological polar surface area (TPSA) is 81.7 Å². The molecule has 6 heteroatoms. The van der Waals surface area contributed by atoms with Crippen LogP contribution in [-0.4, -0.2) is 54.6 Å². The first-order chi connectivity index (χ1) is 10.0. The number of carbonyl (C=O) groups is 2. The molecule has 1 saturated heterocycles. The summed E-state index contributed by atoms with van der Waals surface area (Å²) in [6.45, 7) is 0.937. The van der Waals surface area contributed by atoms with E-state index in [0.717, 1.165) is 5.56 Å². The molecule has 2 amide bonds. The lowest BCUT2D eigenvalue weighted by Gasteiger charge is -2.21. The first-order valence-corrected chi connectivity index (χ1v) is 6.98. The summed E-state index contributed by atoms with van der Waals surface area (Å²) in [7, 11) is 3.33.